The Morgan fingerprint density at radius 3 is 2.68 bits per heavy atom. The molecule has 166 valence electrons. The number of nitriles is 1. The summed E-state index contributed by atoms with van der Waals surface area (Å²) in [6, 6.07) is 19.6. The van der Waals surface area contributed by atoms with Crippen molar-refractivity contribution in [2.75, 3.05) is 11.9 Å². The van der Waals surface area contributed by atoms with Crippen LogP contribution in [0.15, 0.2) is 71.3 Å². The number of aromatic nitrogens is 1. The molecule has 0 saturated carbocycles. The molecule has 0 spiro atoms. The summed E-state index contributed by atoms with van der Waals surface area (Å²) in [7, 11) is 0. The lowest BCUT2D eigenvalue weighted by Crippen LogP contribution is -2.21. The van der Waals surface area contributed by atoms with Crippen molar-refractivity contribution in [1.29, 1.82) is 5.26 Å². The second kappa shape index (κ2) is 9.04. The number of rotatable bonds is 5. The quantitative estimate of drug-likeness (QED) is 0.431. The minimum absolute atomic E-state index is 0.431. The van der Waals surface area contributed by atoms with Crippen molar-refractivity contribution in [3.63, 3.8) is 0 Å². The first-order chi connectivity index (χ1) is 16.6. The normalized spacial score (nSPS) is 13.4. The van der Waals surface area contributed by atoms with Gasteiger partial charge in [0.05, 0.1) is 34.7 Å². The van der Waals surface area contributed by atoms with Crippen LogP contribution in [0.4, 0.5) is 5.69 Å². The van der Waals surface area contributed by atoms with E-state index < -0.39 is 18.5 Å². The van der Waals surface area contributed by atoms with Crippen molar-refractivity contribution in [3.8, 4) is 6.07 Å². The van der Waals surface area contributed by atoms with Crippen molar-refractivity contribution in [2.45, 2.75) is 12.8 Å². The third-order valence-corrected chi connectivity index (χ3v) is 5.64. The first-order valence-corrected chi connectivity index (χ1v) is 10.8. The Balaban J connectivity index is 1.40. The Morgan fingerprint density at radius 2 is 1.91 bits per heavy atom. The number of hydrogen-bond donors (Lipinski definition) is 1. The maximum Gasteiger partial charge on any atom is 0.339 e. The lowest BCUT2D eigenvalue weighted by Gasteiger charge is -2.12. The van der Waals surface area contributed by atoms with Crippen LogP contribution in [0.25, 0.3) is 22.6 Å². The van der Waals surface area contributed by atoms with Crippen LogP contribution in [-0.4, -0.2) is 23.5 Å². The maximum atomic E-state index is 13.2. The zero-order valence-corrected chi connectivity index (χ0v) is 18.1. The van der Waals surface area contributed by atoms with Crippen LogP contribution in [0, 0.1) is 11.3 Å². The number of anilines is 1. The number of fused-ring (bicyclic) bond motifs is 2. The number of amides is 1. The highest BCUT2D eigenvalue weighted by molar-refractivity contribution is 6.08. The third-order valence-electron chi connectivity index (χ3n) is 5.64. The molecule has 0 aliphatic heterocycles. The van der Waals surface area contributed by atoms with Crippen molar-refractivity contribution >= 4 is 40.1 Å². The van der Waals surface area contributed by atoms with Gasteiger partial charge < -0.3 is 14.5 Å². The van der Waals surface area contributed by atoms with Gasteiger partial charge in [0, 0.05) is 11.1 Å². The summed E-state index contributed by atoms with van der Waals surface area (Å²) in [6.45, 7) is -0.431. The summed E-state index contributed by atoms with van der Waals surface area (Å²) >= 11 is 0. The summed E-state index contributed by atoms with van der Waals surface area (Å²) in [4.78, 5) is 30.3. The number of benzene rings is 2. The molecule has 0 unspecified atom stereocenters. The Hall–Kier alpha value is -4.70. The second-order valence-corrected chi connectivity index (χ2v) is 7.83. The first kappa shape index (κ1) is 21.2. The minimum atomic E-state index is -0.566. The molecule has 5 rings (SSSR count). The van der Waals surface area contributed by atoms with E-state index >= 15 is 0 Å². The molecule has 2 heterocycles. The average Bonchev–Trinajstić information content (AvgIpc) is 3.52. The van der Waals surface area contributed by atoms with Gasteiger partial charge in [-0.25, -0.2) is 9.78 Å². The Morgan fingerprint density at radius 1 is 1.09 bits per heavy atom. The minimum Gasteiger partial charge on any atom is -0.465 e. The van der Waals surface area contributed by atoms with Gasteiger partial charge in [0.1, 0.15) is 5.76 Å². The molecule has 0 saturated heterocycles. The molecule has 1 aliphatic carbocycles. The molecule has 0 fully saturated rings. The van der Waals surface area contributed by atoms with Gasteiger partial charge in [-0.05, 0) is 72.5 Å². The number of pyridine rings is 1. The van der Waals surface area contributed by atoms with E-state index in [0.29, 0.717) is 34.1 Å². The number of nitrogens with zero attached hydrogens (tertiary/aromatic N) is 2. The van der Waals surface area contributed by atoms with E-state index in [1.165, 1.54) is 0 Å². The number of hydrogen-bond acceptors (Lipinski definition) is 6. The van der Waals surface area contributed by atoms with Gasteiger partial charge in [-0.15, -0.1) is 0 Å². The molecule has 2 aromatic carbocycles. The molecule has 2 aromatic heterocycles. The number of furan rings is 1. The van der Waals surface area contributed by atoms with Crippen LogP contribution < -0.4 is 5.32 Å². The van der Waals surface area contributed by atoms with Gasteiger partial charge in [0.2, 0.25) is 0 Å². The van der Waals surface area contributed by atoms with Crippen molar-refractivity contribution < 1.29 is 18.7 Å². The average molecular weight is 449 g/mol. The zero-order chi connectivity index (χ0) is 23.5. The molecule has 0 bridgehead atoms. The number of carbonyl (C=O) groups is 2. The van der Waals surface area contributed by atoms with Crippen LogP contribution in [0.3, 0.4) is 0 Å². The SMILES string of the molecule is N#Cc1ccc(NC(=O)COC(=O)c2c3c(nc4ccccc24)C(=Cc2ccco2)CC3)cc1. The summed E-state index contributed by atoms with van der Waals surface area (Å²) < 4.78 is 10.9. The first-order valence-electron chi connectivity index (χ1n) is 10.8. The second-order valence-electron chi connectivity index (χ2n) is 7.83. The third kappa shape index (κ3) is 4.17. The molecular formula is C27H19N3O4. The van der Waals surface area contributed by atoms with Gasteiger partial charge >= 0.3 is 5.97 Å². The van der Waals surface area contributed by atoms with E-state index in [1.54, 1.807) is 30.5 Å². The lowest BCUT2D eigenvalue weighted by molar-refractivity contribution is -0.119. The molecule has 7 heteroatoms. The topological polar surface area (TPSA) is 105 Å². The van der Waals surface area contributed by atoms with Crippen LogP contribution in [0.1, 0.15) is 39.4 Å². The molecular weight excluding hydrogens is 430 g/mol. The molecule has 0 atom stereocenters. The molecule has 7 nitrogen and oxygen atoms in total. The molecule has 1 aliphatic rings. The van der Waals surface area contributed by atoms with Gasteiger partial charge in [-0.2, -0.15) is 5.26 Å². The molecule has 34 heavy (non-hydrogen) atoms. The fraction of sp³-hybridized carbons (Fsp3) is 0.111. The van der Waals surface area contributed by atoms with Crippen LogP contribution in [-0.2, 0) is 16.0 Å². The number of nitrogens with one attached hydrogen (secondary N) is 1. The van der Waals surface area contributed by atoms with Crippen LogP contribution in [0.2, 0.25) is 0 Å². The number of esters is 1. The van der Waals surface area contributed by atoms with Crippen LogP contribution >= 0.6 is 0 Å². The van der Waals surface area contributed by atoms with Crippen molar-refractivity contribution in [1.82, 2.24) is 4.98 Å². The Bertz CT molecular complexity index is 1460. The lowest BCUT2D eigenvalue weighted by atomic mass is 10.0. The summed E-state index contributed by atoms with van der Waals surface area (Å²) in [5.74, 6) is -0.308. The molecule has 1 amide bonds. The summed E-state index contributed by atoms with van der Waals surface area (Å²) in [5.41, 5.74) is 4.69. The smallest absolute Gasteiger partial charge is 0.339 e. The predicted octanol–water partition coefficient (Wildman–Crippen LogP) is 4.98. The van der Waals surface area contributed by atoms with Gasteiger partial charge in [-0.1, -0.05) is 18.2 Å². The molecule has 4 aromatic rings. The van der Waals surface area contributed by atoms with Gasteiger partial charge in [0.25, 0.3) is 5.91 Å². The number of ether oxygens (including phenoxy) is 1. The van der Waals surface area contributed by atoms with Crippen molar-refractivity contribution in [2.24, 2.45) is 0 Å². The number of carbonyl (C=O) groups excluding carboxylic acids is 2. The Labute approximate surface area is 195 Å². The monoisotopic (exact) mass is 449 g/mol. The van der Waals surface area contributed by atoms with E-state index in [4.69, 9.17) is 19.4 Å². The van der Waals surface area contributed by atoms with Gasteiger partial charge in [0.15, 0.2) is 6.61 Å². The highest BCUT2D eigenvalue weighted by Gasteiger charge is 2.28. The molecule has 0 radical (unpaired) electrons. The number of para-hydroxylation sites is 1. The standard InChI is InChI=1S/C27H19N3O4/c28-15-17-7-10-19(11-8-17)29-24(31)16-34-27(32)25-21-5-1-2-6-23(21)30-26-18(9-12-22(25)26)14-20-4-3-13-33-20/h1-8,10-11,13-14H,9,12,16H2,(H,29,31). The van der Waals surface area contributed by atoms with Gasteiger partial charge in [-0.3, -0.25) is 4.79 Å². The van der Waals surface area contributed by atoms with E-state index in [-0.39, 0.29) is 0 Å². The highest BCUT2D eigenvalue weighted by Crippen LogP contribution is 2.37. The van der Waals surface area contributed by atoms with Crippen LogP contribution in [0.5, 0.6) is 0 Å². The zero-order valence-electron chi connectivity index (χ0n) is 18.1. The fourth-order valence-electron chi connectivity index (χ4n) is 4.09. The largest absolute Gasteiger partial charge is 0.465 e. The molecule has 1 N–H and O–H groups in total. The maximum absolute atomic E-state index is 13.2. The summed E-state index contributed by atoms with van der Waals surface area (Å²) in [5, 5.41) is 12.2. The fourth-order valence-corrected chi connectivity index (χ4v) is 4.09. The van der Waals surface area contributed by atoms with E-state index in [0.717, 1.165) is 29.0 Å². The van der Waals surface area contributed by atoms with Crippen molar-refractivity contribution in [3.05, 3.63) is 95.1 Å². The van der Waals surface area contributed by atoms with E-state index in [2.05, 4.69) is 5.32 Å². The Kier molecular flexibility index (Phi) is 5.63. The van der Waals surface area contributed by atoms with E-state index in [9.17, 15) is 9.59 Å². The highest BCUT2D eigenvalue weighted by atomic mass is 16.5. The predicted molar refractivity (Wildman–Crippen MR) is 127 cm³/mol. The number of allylic oxidation sites excluding steroid dienone is 1. The summed E-state index contributed by atoms with van der Waals surface area (Å²) in [6.07, 6.45) is 4.91. The van der Waals surface area contributed by atoms with E-state index in [1.807, 2.05) is 48.5 Å².